The molecule has 0 aromatic heterocycles. The van der Waals surface area contributed by atoms with Gasteiger partial charge in [-0.3, -0.25) is 0 Å². The lowest BCUT2D eigenvalue weighted by molar-refractivity contribution is 0.196. The molecule has 1 aromatic rings. The first-order valence-electron chi connectivity index (χ1n) is 7.15. The largest absolute Gasteiger partial charge is 0.336 e. The van der Waals surface area contributed by atoms with Gasteiger partial charge >= 0.3 is 6.03 Å². The highest BCUT2D eigenvalue weighted by Gasteiger charge is 2.35. The van der Waals surface area contributed by atoms with Gasteiger partial charge in [0.05, 0.1) is 0 Å². The molecular weight excluding hydrogens is 276 g/mol. The van der Waals surface area contributed by atoms with Gasteiger partial charge in [-0.05, 0) is 38.0 Å². The molecule has 113 valence electrons. The number of nitrogens with one attached hydrogen (secondary N) is 2. The number of amides is 2. The average Bonchev–Trinajstić information content (AvgIpc) is 3.09. The van der Waals surface area contributed by atoms with Gasteiger partial charge in [0.1, 0.15) is 11.6 Å². The van der Waals surface area contributed by atoms with Crippen LogP contribution in [-0.2, 0) is 0 Å². The lowest BCUT2D eigenvalue weighted by Crippen LogP contribution is -2.47. The first-order valence-corrected chi connectivity index (χ1v) is 7.15. The van der Waals surface area contributed by atoms with Crippen LogP contribution in [0.1, 0.15) is 24.4 Å². The molecule has 2 aliphatic heterocycles. The Kier molecular flexibility index (Phi) is 3.80. The number of hydrogen-bond acceptors (Lipinski definition) is 2. The second-order valence-electron chi connectivity index (χ2n) is 5.56. The van der Waals surface area contributed by atoms with Crippen molar-refractivity contribution in [2.75, 3.05) is 13.1 Å². The predicted molar refractivity (Wildman–Crippen MR) is 74.5 cm³/mol. The van der Waals surface area contributed by atoms with E-state index >= 15 is 0 Å². The van der Waals surface area contributed by atoms with E-state index in [4.69, 9.17) is 0 Å². The molecule has 2 amide bonds. The summed E-state index contributed by atoms with van der Waals surface area (Å²) in [5.41, 5.74) is 0.343. The Morgan fingerprint density at radius 3 is 2.86 bits per heavy atom. The van der Waals surface area contributed by atoms with E-state index in [1.807, 2.05) is 0 Å². The van der Waals surface area contributed by atoms with Gasteiger partial charge in [-0.2, -0.15) is 0 Å². The Morgan fingerprint density at radius 2 is 2.14 bits per heavy atom. The Balaban J connectivity index is 1.70. The minimum absolute atomic E-state index is 0.0125. The summed E-state index contributed by atoms with van der Waals surface area (Å²) in [5.74, 6) is -0.851. The van der Waals surface area contributed by atoms with Crippen LogP contribution in [-0.4, -0.2) is 36.1 Å². The first-order chi connectivity index (χ1) is 10.1. The Morgan fingerprint density at radius 1 is 1.33 bits per heavy atom. The summed E-state index contributed by atoms with van der Waals surface area (Å²) in [6.07, 6.45) is 1.48. The summed E-state index contributed by atoms with van der Waals surface area (Å²) in [6.45, 7) is 5.31. The molecule has 1 radical (unpaired) electrons. The van der Waals surface area contributed by atoms with Crippen molar-refractivity contribution in [3.05, 3.63) is 42.3 Å². The average molecular weight is 294 g/mol. The van der Waals surface area contributed by atoms with E-state index in [0.717, 1.165) is 18.6 Å². The fourth-order valence-corrected chi connectivity index (χ4v) is 3.12. The normalized spacial score (nSPS) is 27.0. The van der Waals surface area contributed by atoms with E-state index < -0.39 is 11.6 Å². The molecule has 1 aromatic carbocycles. The van der Waals surface area contributed by atoms with Crippen molar-refractivity contribution < 1.29 is 13.6 Å². The molecule has 2 heterocycles. The monoisotopic (exact) mass is 294 g/mol. The van der Waals surface area contributed by atoms with E-state index in [1.54, 1.807) is 4.90 Å². The van der Waals surface area contributed by atoms with Crippen molar-refractivity contribution >= 4 is 6.03 Å². The maximum absolute atomic E-state index is 13.8. The molecule has 2 aliphatic rings. The number of halogens is 2. The van der Waals surface area contributed by atoms with Crippen LogP contribution in [0.4, 0.5) is 13.6 Å². The van der Waals surface area contributed by atoms with Crippen LogP contribution in [0.15, 0.2) is 18.2 Å². The zero-order valence-corrected chi connectivity index (χ0v) is 11.6. The smallest absolute Gasteiger partial charge is 0.317 e. The van der Waals surface area contributed by atoms with Gasteiger partial charge in [0.25, 0.3) is 0 Å². The van der Waals surface area contributed by atoms with Crippen molar-refractivity contribution in [1.82, 2.24) is 15.5 Å². The molecule has 2 unspecified atom stereocenters. The molecule has 6 heteroatoms. The molecule has 0 aliphatic carbocycles. The summed E-state index contributed by atoms with van der Waals surface area (Å²) in [4.78, 5) is 13.3. The quantitative estimate of drug-likeness (QED) is 0.895. The van der Waals surface area contributed by atoms with Gasteiger partial charge in [0.15, 0.2) is 0 Å². The van der Waals surface area contributed by atoms with E-state index in [1.165, 1.54) is 6.07 Å². The van der Waals surface area contributed by atoms with Crippen molar-refractivity contribution in [1.29, 1.82) is 0 Å². The highest BCUT2D eigenvalue weighted by atomic mass is 19.1. The number of benzene rings is 1. The van der Waals surface area contributed by atoms with Gasteiger partial charge in [0, 0.05) is 36.8 Å². The predicted octanol–water partition coefficient (Wildman–Crippen LogP) is 1.99. The topological polar surface area (TPSA) is 44.4 Å². The second kappa shape index (κ2) is 5.60. The van der Waals surface area contributed by atoms with Crippen LogP contribution in [0.25, 0.3) is 0 Å². The van der Waals surface area contributed by atoms with E-state index in [-0.39, 0.29) is 24.2 Å². The third kappa shape index (κ3) is 2.72. The summed E-state index contributed by atoms with van der Waals surface area (Å²) in [6, 6.07) is 2.92. The summed E-state index contributed by atoms with van der Waals surface area (Å²) < 4.78 is 27.1. The number of carbonyl (C=O) groups is 1. The van der Waals surface area contributed by atoms with Gasteiger partial charge < -0.3 is 15.5 Å². The Hall–Kier alpha value is -1.69. The molecule has 4 nitrogen and oxygen atoms in total. The Bertz CT molecular complexity index is 552. The lowest BCUT2D eigenvalue weighted by atomic mass is 10.0. The molecule has 0 saturated carbocycles. The van der Waals surface area contributed by atoms with Gasteiger partial charge in [0.2, 0.25) is 0 Å². The minimum atomic E-state index is -0.443. The standard InChI is InChI=1S/C15H18F2N3O/c1-9(20-7-6-18-15(20)21)13-4-5-14(19-13)11-8-10(16)2-3-12(11)17/h2-3,8-9,13-14,19H,1,4-7H2,(H,18,21)/t9?,13?,14-/m1/s1. The molecule has 2 fully saturated rings. The minimum Gasteiger partial charge on any atom is -0.336 e. The van der Waals surface area contributed by atoms with E-state index in [0.29, 0.717) is 25.1 Å². The summed E-state index contributed by atoms with van der Waals surface area (Å²) >= 11 is 0. The molecule has 21 heavy (non-hydrogen) atoms. The third-order valence-corrected chi connectivity index (χ3v) is 4.27. The third-order valence-electron chi connectivity index (χ3n) is 4.27. The molecule has 3 rings (SSSR count). The molecular formula is C15H18F2N3O. The number of carbonyl (C=O) groups excluding carboxylic acids is 1. The molecule has 3 atom stereocenters. The molecule has 0 spiro atoms. The van der Waals surface area contributed by atoms with Gasteiger partial charge in [-0.15, -0.1) is 0 Å². The molecule has 2 N–H and O–H groups in total. The lowest BCUT2D eigenvalue weighted by Gasteiger charge is -2.29. The fraction of sp³-hybridized carbons (Fsp3) is 0.467. The maximum atomic E-state index is 13.8. The number of urea groups is 1. The SMILES string of the molecule is [CH2]C(C1CC[C@H](c2cc(F)ccc2F)N1)N1CCNC1=O. The van der Waals surface area contributed by atoms with Crippen LogP contribution in [0, 0.1) is 18.6 Å². The van der Waals surface area contributed by atoms with Crippen molar-refractivity contribution in [3.63, 3.8) is 0 Å². The zero-order chi connectivity index (χ0) is 15.0. The highest BCUT2D eigenvalue weighted by molar-refractivity contribution is 5.76. The van der Waals surface area contributed by atoms with Gasteiger partial charge in [-0.1, -0.05) is 0 Å². The van der Waals surface area contributed by atoms with Crippen LogP contribution in [0.5, 0.6) is 0 Å². The van der Waals surface area contributed by atoms with Crippen LogP contribution < -0.4 is 10.6 Å². The van der Waals surface area contributed by atoms with E-state index in [2.05, 4.69) is 17.6 Å². The van der Waals surface area contributed by atoms with E-state index in [9.17, 15) is 13.6 Å². The van der Waals surface area contributed by atoms with Crippen LogP contribution in [0.2, 0.25) is 0 Å². The maximum Gasteiger partial charge on any atom is 0.317 e. The zero-order valence-electron chi connectivity index (χ0n) is 11.6. The summed E-state index contributed by atoms with van der Waals surface area (Å²) in [7, 11) is 0. The first kappa shape index (κ1) is 14.3. The molecule has 0 bridgehead atoms. The van der Waals surface area contributed by atoms with Gasteiger partial charge in [-0.25, -0.2) is 13.6 Å². The highest BCUT2D eigenvalue weighted by Crippen LogP contribution is 2.31. The fourth-order valence-electron chi connectivity index (χ4n) is 3.12. The number of hydrogen-bond donors (Lipinski definition) is 2. The summed E-state index contributed by atoms with van der Waals surface area (Å²) in [5, 5.41) is 6.02. The molecule has 2 saturated heterocycles. The Labute approximate surface area is 122 Å². The van der Waals surface area contributed by atoms with Crippen molar-refractivity contribution in [3.8, 4) is 0 Å². The van der Waals surface area contributed by atoms with Crippen molar-refractivity contribution in [2.45, 2.75) is 31.0 Å². The second-order valence-corrected chi connectivity index (χ2v) is 5.56. The van der Waals surface area contributed by atoms with Crippen LogP contribution >= 0.6 is 0 Å². The number of nitrogens with zero attached hydrogens (tertiary/aromatic N) is 1. The van der Waals surface area contributed by atoms with Crippen molar-refractivity contribution in [2.24, 2.45) is 0 Å². The van der Waals surface area contributed by atoms with Crippen LogP contribution in [0.3, 0.4) is 0 Å². The number of rotatable bonds is 3.